The summed E-state index contributed by atoms with van der Waals surface area (Å²) < 4.78 is 22.7. The van der Waals surface area contributed by atoms with Gasteiger partial charge in [-0.3, -0.25) is 0 Å². The molecule has 38 heavy (non-hydrogen) atoms. The van der Waals surface area contributed by atoms with Gasteiger partial charge in [-0.1, -0.05) is 35.9 Å². The van der Waals surface area contributed by atoms with Crippen molar-refractivity contribution in [2.75, 3.05) is 12.0 Å². The maximum absolute atomic E-state index is 14.8. The van der Waals surface area contributed by atoms with E-state index < -0.39 is 47.2 Å². The fourth-order valence-electron chi connectivity index (χ4n) is 7.30. The monoisotopic (exact) mass is 522 g/mol. The molecule has 1 aliphatic carbocycles. The van der Waals surface area contributed by atoms with Crippen molar-refractivity contribution in [1.29, 1.82) is 0 Å². The number of fused-ring (bicyclic) bond motifs is 2. The van der Waals surface area contributed by atoms with Gasteiger partial charge >= 0.3 is 0 Å². The first kappa shape index (κ1) is 26.9. The molecule has 0 radical (unpaired) electrons. The number of halogens is 1. The minimum Gasteiger partial charge on any atom is -0.390 e. The standard InChI is InChI=1S/C31H39FN2O4/c1-19(2)13-14-26(36)30(3)28-27(38-5)25(35)15-16-31(28,37)29(34(30)21-10-8-9-20(32)17-21)23-18-33(4)24-12-7-6-11-22(23)24/h6-13,17-18,25-29,35-37H,14-16H2,1-5H3/t25-,26+,27-,28-,29+,30-,31-/m1/s1. The summed E-state index contributed by atoms with van der Waals surface area (Å²) in [5, 5.41) is 36.8. The average molecular weight is 523 g/mol. The van der Waals surface area contributed by atoms with Gasteiger partial charge in [-0.25, -0.2) is 4.39 Å². The summed E-state index contributed by atoms with van der Waals surface area (Å²) in [6, 6.07) is 13.7. The Bertz CT molecular complexity index is 1350. The van der Waals surface area contributed by atoms with Crippen LogP contribution in [0.4, 0.5) is 10.1 Å². The molecule has 0 amide bonds. The Labute approximate surface area is 224 Å². The Morgan fingerprint density at radius 2 is 1.95 bits per heavy atom. The Hall–Kier alpha value is -2.71. The predicted molar refractivity (Wildman–Crippen MR) is 147 cm³/mol. The van der Waals surface area contributed by atoms with Crippen molar-refractivity contribution in [2.24, 2.45) is 13.0 Å². The molecule has 2 aliphatic rings. The number of para-hydroxylation sites is 1. The zero-order chi connectivity index (χ0) is 27.4. The van der Waals surface area contributed by atoms with Crippen molar-refractivity contribution in [3.63, 3.8) is 0 Å². The fraction of sp³-hybridized carbons (Fsp3) is 0.484. The Kier molecular flexibility index (Phi) is 6.93. The summed E-state index contributed by atoms with van der Waals surface area (Å²) in [6.45, 7) is 5.88. The number of allylic oxidation sites excluding steroid dienone is 1. The first-order chi connectivity index (χ1) is 18.0. The van der Waals surface area contributed by atoms with Crippen LogP contribution in [-0.2, 0) is 11.8 Å². The average Bonchev–Trinajstić information content (AvgIpc) is 3.32. The largest absolute Gasteiger partial charge is 0.390 e. The van der Waals surface area contributed by atoms with E-state index in [-0.39, 0.29) is 0 Å². The van der Waals surface area contributed by atoms with Crippen molar-refractivity contribution in [3.8, 4) is 0 Å². The van der Waals surface area contributed by atoms with Crippen LogP contribution in [0, 0.1) is 11.7 Å². The third-order valence-electron chi connectivity index (χ3n) is 8.97. The van der Waals surface area contributed by atoms with Crippen molar-refractivity contribution in [2.45, 2.75) is 75.5 Å². The van der Waals surface area contributed by atoms with Crippen molar-refractivity contribution in [1.82, 2.24) is 4.57 Å². The van der Waals surface area contributed by atoms with E-state index in [2.05, 4.69) is 0 Å². The number of ether oxygens (including phenoxy) is 1. The number of hydrogen-bond acceptors (Lipinski definition) is 5. The molecular weight excluding hydrogens is 483 g/mol. The van der Waals surface area contributed by atoms with Gasteiger partial charge in [0.2, 0.25) is 0 Å². The highest BCUT2D eigenvalue weighted by molar-refractivity contribution is 5.85. The molecule has 1 aliphatic heterocycles. The number of nitrogens with zero attached hydrogens (tertiary/aromatic N) is 2. The van der Waals surface area contributed by atoms with E-state index in [0.29, 0.717) is 24.9 Å². The second-order valence-corrected chi connectivity index (χ2v) is 11.5. The van der Waals surface area contributed by atoms with Crippen LogP contribution in [0.1, 0.15) is 51.6 Å². The van der Waals surface area contributed by atoms with Crippen molar-refractivity contribution in [3.05, 3.63) is 77.8 Å². The lowest BCUT2D eigenvalue weighted by Gasteiger charge is -2.50. The number of methoxy groups -OCH3 is 1. The van der Waals surface area contributed by atoms with Crippen LogP contribution in [-0.4, -0.2) is 56.4 Å². The number of rotatable bonds is 6. The molecule has 0 bridgehead atoms. The van der Waals surface area contributed by atoms with Crippen molar-refractivity contribution < 1.29 is 24.4 Å². The van der Waals surface area contributed by atoms with Crippen LogP contribution < -0.4 is 4.90 Å². The third-order valence-corrected chi connectivity index (χ3v) is 8.97. The molecule has 0 spiro atoms. The van der Waals surface area contributed by atoms with E-state index in [1.165, 1.54) is 12.1 Å². The van der Waals surface area contributed by atoms with Crippen LogP contribution in [0.3, 0.4) is 0 Å². The second-order valence-electron chi connectivity index (χ2n) is 11.5. The molecule has 204 valence electrons. The van der Waals surface area contributed by atoms with Gasteiger partial charge in [0.1, 0.15) is 5.82 Å². The molecule has 7 heteroatoms. The fourth-order valence-corrected chi connectivity index (χ4v) is 7.30. The molecule has 1 aromatic heterocycles. The van der Waals surface area contributed by atoms with Gasteiger partial charge in [-0.2, -0.15) is 0 Å². The number of aryl methyl sites for hydroxylation is 1. The van der Waals surface area contributed by atoms with Crippen molar-refractivity contribution >= 4 is 16.6 Å². The Balaban J connectivity index is 1.83. The van der Waals surface area contributed by atoms with Crippen LogP contribution in [0.25, 0.3) is 10.9 Å². The van der Waals surface area contributed by atoms with Crippen LogP contribution in [0.5, 0.6) is 0 Å². The molecule has 1 saturated heterocycles. The van der Waals surface area contributed by atoms with Crippen LogP contribution >= 0.6 is 0 Å². The SMILES string of the molecule is CO[C@@H]1[C@H](O)CC[C@]2(O)[C@H](c3cn(C)c4ccccc34)N(c3cccc(F)c3)[C@](C)([C@@H](O)CC=C(C)C)[C@@H]12. The lowest BCUT2D eigenvalue weighted by Crippen LogP contribution is -2.63. The first-order valence-electron chi connectivity index (χ1n) is 13.4. The van der Waals surface area contributed by atoms with Gasteiger partial charge < -0.3 is 29.5 Å². The summed E-state index contributed by atoms with van der Waals surface area (Å²) >= 11 is 0. The number of aromatic nitrogens is 1. The van der Waals surface area contributed by atoms with E-state index in [4.69, 9.17) is 4.74 Å². The summed E-state index contributed by atoms with van der Waals surface area (Å²) in [6.07, 6.45) is 2.53. The Morgan fingerprint density at radius 1 is 1.21 bits per heavy atom. The molecule has 0 unspecified atom stereocenters. The first-order valence-corrected chi connectivity index (χ1v) is 13.4. The predicted octanol–water partition coefficient (Wildman–Crippen LogP) is 4.87. The maximum Gasteiger partial charge on any atom is 0.125 e. The van der Waals surface area contributed by atoms with Gasteiger partial charge in [-0.05, 0) is 64.3 Å². The molecule has 5 rings (SSSR count). The number of aliphatic hydroxyl groups excluding tert-OH is 2. The summed E-state index contributed by atoms with van der Waals surface area (Å²) in [4.78, 5) is 2.01. The summed E-state index contributed by atoms with van der Waals surface area (Å²) in [7, 11) is 3.51. The molecular formula is C31H39FN2O4. The zero-order valence-electron chi connectivity index (χ0n) is 22.8. The third kappa shape index (κ3) is 3.99. The van der Waals surface area contributed by atoms with Gasteiger partial charge in [0, 0.05) is 48.4 Å². The highest BCUT2D eigenvalue weighted by Crippen LogP contribution is 2.62. The van der Waals surface area contributed by atoms with Gasteiger partial charge in [-0.15, -0.1) is 0 Å². The summed E-state index contributed by atoms with van der Waals surface area (Å²) in [5.74, 6) is -1.07. The molecule has 1 saturated carbocycles. The molecule has 6 nitrogen and oxygen atoms in total. The summed E-state index contributed by atoms with van der Waals surface area (Å²) in [5.41, 5.74) is 1.04. The molecule has 7 atom stereocenters. The van der Waals surface area contributed by atoms with Gasteiger partial charge in [0.05, 0.1) is 35.5 Å². The minimum atomic E-state index is -1.38. The lowest BCUT2D eigenvalue weighted by molar-refractivity contribution is -0.171. The molecule has 2 fully saturated rings. The number of anilines is 1. The lowest BCUT2D eigenvalue weighted by atomic mass is 9.63. The van der Waals surface area contributed by atoms with Gasteiger partial charge in [0.25, 0.3) is 0 Å². The van der Waals surface area contributed by atoms with Crippen LogP contribution in [0.15, 0.2) is 66.4 Å². The van der Waals surface area contributed by atoms with E-state index >= 15 is 0 Å². The van der Waals surface area contributed by atoms with E-state index in [1.807, 2.05) is 79.9 Å². The highest BCUT2D eigenvalue weighted by Gasteiger charge is 2.71. The highest BCUT2D eigenvalue weighted by atomic mass is 19.1. The zero-order valence-corrected chi connectivity index (χ0v) is 22.8. The number of aliphatic hydroxyl groups is 3. The molecule has 3 aromatic rings. The molecule has 2 aromatic carbocycles. The topological polar surface area (TPSA) is 78.1 Å². The smallest absolute Gasteiger partial charge is 0.125 e. The Morgan fingerprint density at radius 3 is 2.63 bits per heavy atom. The van der Waals surface area contributed by atoms with E-state index in [0.717, 1.165) is 22.0 Å². The number of hydrogen-bond donors (Lipinski definition) is 3. The normalized spacial score (nSPS) is 31.9. The maximum atomic E-state index is 14.8. The molecule has 3 N–H and O–H groups in total. The van der Waals surface area contributed by atoms with E-state index in [1.54, 1.807) is 13.2 Å². The second kappa shape index (κ2) is 9.79. The number of benzene rings is 2. The van der Waals surface area contributed by atoms with Gasteiger partial charge in [0.15, 0.2) is 0 Å². The quantitative estimate of drug-likeness (QED) is 0.403. The molecule has 2 heterocycles. The minimum absolute atomic E-state index is 0.309. The van der Waals surface area contributed by atoms with E-state index in [9.17, 15) is 19.7 Å². The van der Waals surface area contributed by atoms with Crippen LogP contribution in [0.2, 0.25) is 0 Å².